The second kappa shape index (κ2) is 1.75. The zero-order chi connectivity index (χ0) is 7.14. The van der Waals surface area contributed by atoms with Crippen LogP contribution in [0.2, 0.25) is 0 Å². The number of nitrogens with zero attached hydrogens (tertiary/aromatic N) is 1. The van der Waals surface area contributed by atoms with Gasteiger partial charge in [0.15, 0.2) is 0 Å². The van der Waals surface area contributed by atoms with Crippen LogP contribution in [0, 0.1) is 6.92 Å². The van der Waals surface area contributed by atoms with E-state index < -0.39 is 0 Å². The molecule has 1 aliphatic carbocycles. The molecule has 0 aromatic carbocycles. The Bertz CT molecular complexity index is 247. The van der Waals surface area contributed by atoms with E-state index in [9.17, 15) is 0 Å². The lowest BCUT2D eigenvalue weighted by Gasteiger charge is -1.90. The lowest BCUT2D eigenvalue weighted by Crippen LogP contribution is -1.86. The molecule has 0 saturated heterocycles. The maximum absolute atomic E-state index is 5.59. The van der Waals surface area contributed by atoms with Crippen molar-refractivity contribution in [1.29, 1.82) is 0 Å². The number of aromatic nitrogens is 2. The molecule has 0 radical (unpaired) electrons. The van der Waals surface area contributed by atoms with Gasteiger partial charge in [0.05, 0.1) is 5.69 Å². The van der Waals surface area contributed by atoms with E-state index >= 15 is 0 Å². The Kier molecular flexibility index (Phi) is 1.01. The average molecular weight is 137 g/mol. The van der Waals surface area contributed by atoms with E-state index in [1.807, 2.05) is 6.92 Å². The molecule has 54 valence electrons. The van der Waals surface area contributed by atoms with E-state index in [0.29, 0.717) is 5.92 Å². The van der Waals surface area contributed by atoms with Crippen molar-refractivity contribution >= 4 is 5.82 Å². The molecule has 1 fully saturated rings. The summed E-state index contributed by atoms with van der Waals surface area (Å²) in [5, 5.41) is 6.91. The Labute approximate surface area is 59.6 Å². The Morgan fingerprint density at radius 3 is 2.70 bits per heavy atom. The molecular formula is C7H11N3. The number of aromatic amines is 1. The van der Waals surface area contributed by atoms with Crippen molar-refractivity contribution in [3.63, 3.8) is 0 Å². The van der Waals surface area contributed by atoms with Crippen LogP contribution in [-0.4, -0.2) is 10.2 Å². The summed E-state index contributed by atoms with van der Waals surface area (Å²) in [5.74, 6) is 1.43. The molecule has 3 heteroatoms. The van der Waals surface area contributed by atoms with Crippen molar-refractivity contribution in [2.24, 2.45) is 0 Å². The van der Waals surface area contributed by atoms with Crippen LogP contribution in [0.1, 0.15) is 30.0 Å². The number of anilines is 1. The van der Waals surface area contributed by atoms with Crippen LogP contribution in [0.5, 0.6) is 0 Å². The molecule has 1 saturated carbocycles. The van der Waals surface area contributed by atoms with E-state index in [0.717, 1.165) is 11.4 Å². The van der Waals surface area contributed by atoms with Gasteiger partial charge in [-0.1, -0.05) is 0 Å². The molecule has 0 aliphatic heterocycles. The van der Waals surface area contributed by atoms with Gasteiger partial charge < -0.3 is 5.73 Å². The lowest BCUT2D eigenvalue weighted by molar-refractivity contribution is 0.960. The number of rotatable bonds is 1. The predicted molar refractivity (Wildman–Crippen MR) is 39.7 cm³/mol. The molecule has 3 nitrogen and oxygen atoms in total. The molecule has 1 aromatic heterocycles. The average Bonchev–Trinajstić information content (AvgIpc) is 2.67. The van der Waals surface area contributed by atoms with Gasteiger partial charge in [-0.25, -0.2) is 0 Å². The third-order valence-corrected chi connectivity index (χ3v) is 2.05. The first-order valence-electron chi connectivity index (χ1n) is 3.59. The molecule has 1 aliphatic rings. The number of nitrogens with two attached hydrogens (primary N) is 1. The molecule has 0 amide bonds. The van der Waals surface area contributed by atoms with Crippen LogP contribution in [0.4, 0.5) is 5.82 Å². The van der Waals surface area contributed by atoms with Crippen LogP contribution in [0.3, 0.4) is 0 Å². The van der Waals surface area contributed by atoms with Gasteiger partial charge in [0, 0.05) is 11.5 Å². The lowest BCUT2D eigenvalue weighted by atomic mass is 10.2. The monoisotopic (exact) mass is 137 g/mol. The normalized spacial score (nSPS) is 17.7. The van der Waals surface area contributed by atoms with Crippen molar-refractivity contribution in [3.8, 4) is 0 Å². The molecule has 0 spiro atoms. The summed E-state index contributed by atoms with van der Waals surface area (Å²) < 4.78 is 0. The van der Waals surface area contributed by atoms with Crippen molar-refractivity contribution in [2.75, 3.05) is 5.73 Å². The van der Waals surface area contributed by atoms with E-state index in [1.165, 1.54) is 18.5 Å². The SMILES string of the molecule is Cc1c(C2CC2)n[nH]c1N. The van der Waals surface area contributed by atoms with Crippen LogP contribution in [0.15, 0.2) is 0 Å². The third kappa shape index (κ3) is 0.701. The molecule has 0 bridgehead atoms. The van der Waals surface area contributed by atoms with Gasteiger partial charge >= 0.3 is 0 Å². The van der Waals surface area contributed by atoms with Gasteiger partial charge in [0.25, 0.3) is 0 Å². The largest absolute Gasteiger partial charge is 0.384 e. The number of hydrogen-bond donors (Lipinski definition) is 2. The van der Waals surface area contributed by atoms with Crippen molar-refractivity contribution in [3.05, 3.63) is 11.3 Å². The number of nitrogen functional groups attached to an aromatic ring is 1. The van der Waals surface area contributed by atoms with Crippen LogP contribution in [-0.2, 0) is 0 Å². The second-order valence-corrected chi connectivity index (χ2v) is 2.92. The molecule has 1 heterocycles. The summed E-state index contributed by atoms with van der Waals surface area (Å²) in [6, 6.07) is 0. The van der Waals surface area contributed by atoms with Gasteiger partial charge in [0.2, 0.25) is 0 Å². The summed E-state index contributed by atoms with van der Waals surface area (Å²) in [4.78, 5) is 0. The van der Waals surface area contributed by atoms with E-state index in [4.69, 9.17) is 5.73 Å². The Morgan fingerprint density at radius 1 is 1.60 bits per heavy atom. The minimum atomic E-state index is 0.702. The van der Waals surface area contributed by atoms with E-state index in [2.05, 4.69) is 10.2 Å². The highest BCUT2D eigenvalue weighted by atomic mass is 15.2. The van der Waals surface area contributed by atoms with Crippen LogP contribution >= 0.6 is 0 Å². The first kappa shape index (κ1) is 5.77. The molecular weight excluding hydrogens is 126 g/mol. The molecule has 0 unspecified atom stereocenters. The fraction of sp³-hybridized carbons (Fsp3) is 0.571. The highest BCUT2D eigenvalue weighted by Crippen LogP contribution is 2.41. The first-order valence-corrected chi connectivity index (χ1v) is 3.59. The highest BCUT2D eigenvalue weighted by Gasteiger charge is 2.28. The van der Waals surface area contributed by atoms with Crippen molar-refractivity contribution in [2.45, 2.75) is 25.7 Å². The zero-order valence-electron chi connectivity index (χ0n) is 6.02. The quantitative estimate of drug-likeness (QED) is 0.610. The van der Waals surface area contributed by atoms with Gasteiger partial charge in [-0.3, -0.25) is 5.10 Å². The van der Waals surface area contributed by atoms with Gasteiger partial charge in [-0.15, -0.1) is 0 Å². The van der Waals surface area contributed by atoms with Gasteiger partial charge in [-0.2, -0.15) is 5.10 Å². The summed E-state index contributed by atoms with van der Waals surface area (Å²) in [5.41, 5.74) is 7.91. The van der Waals surface area contributed by atoms with E-state index in [1.54, 1.807) is 0 Å². The summed E-state index contributed by atoms with van der Waals surface area (Å²) in [6.45, 7) is 2.02. The Balaban J connectivity index is 2.40. The first-order chi connectivity index (χ1) is 4.79. The Hall–Kier alpha value is -0.990. The number of hydrogen-bond acceptors (Lipinski definition) is 2. The fourth-order valence-corrected chi connectivity index (χ4v) is 1.18. The molecule has 3 N–H and O–H groups in total. The molecule has 0 atom stereocenters. The molecule has 1 aromatic rings. The fourth-order valence-electron chi connectivity index (χ4n) is 1.18. The number of H-pyrrole nitrogens is 1. The van der Waals surface area contributed by atoms with Crippen LogP contribution in [0.25, 0.3) is 0 Å². The summed E-state index contributed by atoms with van der Waals surface area (Å²) >= 11 is 0. The smallest absolute Gasteiger partial charge is 0.122 e. The standard InChI is InChI=1S/C7H11N3/c1-4-6(5-2-3-5)9-10-7(4)8/h5H,2-3H2,1H3,(H3,8,9,10). The molecule has 2 rings (SSSR count). The van der Waals surface area contributed by atoms with Crippen molar-refractivity contribution in [1.82, 2.24) is 10.2 Å². The summed E-state index contributed by atoms with van der Waals surface area (Å²) in [7, 11) is 0. The summed E-state index contributed by atoms with van der Waals surface area (Å²) in [6.07, 6.45) is 2.57. The van der Waals surface area contributed by atoms with Gasteiger partial charge in [-0.05, 0) is 19.8 Å². The highest BCUT2D eigenvalue weighted by molar-refractivity contribution is 5.43. The molecule has 10 heavy (non-hydrogen) atoms. The zero-order valence-corrected chi connectivity index (χ0v) is 6.02. The predicted octanol–water partition coefficient (Wildman–Crippen LogP) is 1.18. The Morgan fingerprint density at radius 2 is 2.30 bits per heavy atom. The second-order valence-electron chi connectivity index (χ2n) is 2.92. The topological polar surface area (TPSA) is 54.7 Å². The number of nitrogens with one attached hydrogen (secondary N) is 1. The van der Waals surface area contributed by atoms with Crippen molar-refractivity contribution < 1.29 is 0 Å². The third-order valence-electron chi connectivity index (χ3n) is 2.05. The van der Waals surface area contributed by atoms with Gasteiger partial charge in [0.1, 0.15) is 5.82 Å². The van der Waals surface area contributed by atoms with E-state index in [-0.39, 0.29) is 0 Å². The minimum Gasteiger partial charge on any atom is -0.384 e. The maximum Gasteiger partial charge on any atom is 0.122 e. The maximum atomic E-state index is 5.59. The van der Waals surface area contributed by atoms with Crippen LogP contribution < -0.4 is 5.73 Å². The minimum absolute atomic E-state index is 0.702.